The number of hydrogen-bond acceptors (Lipinski definition) is 5. The molecule has 39 heavy (non-hydrogen) atoms. The molecule has 0 saturated carbocycles. The fraction of sp³-hybridized carbons (Fsp3) is 0.172. The Labute approximate surface area is 231 Å². The standard InChI is InChI=1S/C29H27N5O4S/c1-18-16-21(12-13-22(18)31-25(35)17-38-2)34-27(26(32-29(34)39)23-6-3-4-14-30-23)24-7-5-15-33(24)20-10-8-19(9-11-20)28(36)37/h3-16,26-27H,17H2,1-2H3,(H,31,35)(H,32,39)(H,36,37)/t26-,27-/m1/s1. The second-order valence-electron chi connectivity index (χ2n) is 9.13. The molecule has 9 nitrogen and oxygen atoms in total. The topological polar surface area (TPSA) is 109 Å². The molecular weight excluding hydrogens is 514 g/mol. The molecule has 10 heteroatoms. The van der Waals surface area contributed by atoms with Gasteiger partial charge in [-0.05, 0) is 91.4 Å². The lowest BCUT2D eigenvalue weighted by molar-refractivity contribution is -0.119. The monoisotopic (exact) mass is 541 g/mol. The van der Waals surface area contributed by atoms with Crippen LogP contribution in [-0.2, 0) is 9.53 Å². The number of hydrogen-bond donors (Lipinski definition) is 3. The smallest absolute Gasteiger partial charge is 0.335 e. The van der Waals surface area contributed by atoms with Crippen LogP contribution in [0.5, 0.6) is 0 Å². The van der Waals surface area contributed by atoms with Crippen molar-refractivity contribution in [3.8, 4) is 5.69 Å². The zero-order valence-electron chi connectivity index (χ0n) is 21.4. The highest BCUT2D eigenvalue weighted by molar-refractivity contribution is 7.80. The van der Waals surface area contributed by atoms with Gasteiger partial charge in [0.2, 0.25) is 5.91 Å². The zero-order chi connectivity index (χ0) is 27.5. The summed E-state index contributed by atoms with van der Waals surface area (Å²) in [5, 5.41) is 16.2. The maximum Gasteiger partial charge on any atom is 0.335 e. The number of pyridine rings is 1. The highest BCUT2D eigenvalue weighted by Crippen LogP contribution is 2.42. The van der Waals surface area contributed by atoms with E-state index in [1.54, 1.807) is 30.5 Å². The number of carbonyl (C=O) groups is 2. The normalized spacial score (nSPS) is 16.7. The van der Waals surface area contributed by atoms with E-state index in [1.165, 1.54) is 7.11 Å². The van der Waals surface area contributed by atoms with Crippen LogP contribution < -0.4 is 15.5 Å². The van der Waals surface area contributed by atoms with Crippen LogP contribution >= 0.6 is 12.2 Å². The Bertz CT molecular complexity index is 1520. The van der Waals surface area contributed by atoms with E-state index in [2.05, 4.69) is 20.5 Å². The number of nitrogens with one attached hydrogen (secondary N) is 2. The molecule has 3 heterocycles. The molecule has 3 N–H and O–H groups in total. The number of rotatable bonds is 8. The maximum absolute atomic E-state index is 12.1. The fourth-order valence-corrected chi connectivity index (χ4v) is 5.17. The maximum atomic E-state index is 12.1. The van der Waals surface area contributed by atoms with Gasteiger partial charge in [0, 0.05) is 42.3 Å². The van der Waals surface area contributed by atoms with Crippen LogP contribution in [-0.4, -0.2) is 45.4 Å². The molecule has 2 atom stereocenters. The van der Waals surface area contributed by atoms with Crippen LogP contribution in [0.25, 0.3) is 5.69 Å². The first-order chi connectivity index (χ1) is 18.9. The van der Waals surface area contributed by atoms with Crippen molar-refractivity contribution in [2.75, 3.05) is 23.9 Å². The molecule has 1 aliphatic rings. The van der Waals surface area contributed by atoms with Gasteiger partial charge in [0.15, 0.2) is 5.11 Å². The minimum Gasteiger partial charge on any atom is -0.478 e. The number of methoxy groups -OCH3 is 1. The van der Waals surface area contributed by atoms with Gasteiger partial charge >= 0.3 is 5.97 Å². The van der Waals surface area contributed by atoms with Gasteiger partial charge in [-0.1, -0.05) is 6.07 Å². The molecule has 0 spiro atoms. The van der Waals surface area contributed by atoms with Crippen molar-refractivity contribution in [1.82, 2.24) is 14.9 Å². The van der Waals surface area contributed by atoms with Gasteiger partial charge in [0.25, 0.3) is 0 Å². The Kier molecular flexibility index (Phi) is 7.40. The van der Waals surface area contributed by atoms with E-state index in [1.807, 2.05) is 66.2 Å². The van der Waals surface area contributed by atoms with E-state index < -0.39 is 5.97 Å². The number of carbonyl (C=O) groups excluding carboxylic acids is 1. The first-order valence-electron chi connectivity index (χ1n) is 12.3. The molecule has 1 amide bonds. The highest BCUT2D eigenvalue weighted by atomic mass is 32.1. The summed E-state index contributed by atoms with van der Waals surface area (Å²) in [6.45, 7) is 1.90. The minimum absolute atomic E-state index is 0.0282. The van der Waals surface area contributed by atoms with Crippen LogP contribution in [0.2, 0.25) is 0 Å². The number of anilines is 2. The third-order valence-electron chi connectivity index (χ3n) is 6.61. The van der Waals surface area contributed by atoms with Crippen LogP contribution in [0, 0.1) is 6.92 Å². The van der Waals surface area contributed by atoms with Crippen LogP contribution in [0.1, 0.15) is 39.4 Å². The molecule has 5 rings (SSSR count). The number of benzene rings is 2. The van der Waals surface area contributed by atoms with Gasteiger partial charge in [0.1, 0.15) is 12.6 Å². The van der Waals surface area contributed by atoms with E-state index in [0.29, 0.717) is 10.8 Å². The summed E-state index contributed by atoms with van der Waals surface area (Å²) in [4.78, 5) is 30.1. The van der Waals surface area contributed by atoms with Gasteiger partial charge in [-0.2, -0.15) is 0 Å². The molecule has 1 aliphatic heterocycles. The van der Waals surface area contributed by atoms with Crippen LogP contribution in [0.3, 0.4) is 0 Å². The second-order valence-corrected chi connectivity index (χ2v) is 9.52. The summed E-state index contributed by atoms with van der Waals surface area (Å²) in [6, 6.07) is 21.7. The quantitative estimate of drug-likeness (QED) is 0.277. The van der Waals surface area contributed by atoms with Crippen molar-refractivity contribution in [2.24, 2.45) is 0 Å². The number of ether oxygens (including phenoxy) is 1. The number of aromatic nitrogens is 2. The van der Waals surface area contributed by atoms with Crippen molar-refractivity contribution < 1.29 is 19.4 Å². The lowest BCUT2D eigenvalue weighted by Gasteiger charge is -2.29. The summed E-state index contributed by atoms with van der Waals surface area (Å²) < 4.78 is 6.96. The predicted molar refractivity (Wildman–Crippen MR) is 152 cm³/mol. The summed E-state index contributed by atoms with van der Waals surface area (Å²) >= 11 is 5.86. The number of nitrogens with zero attached hydrogens (tertiary/aromatic N) is 3. The Morgan fingerprint density at radius 2 is 1.85 bits per heavy atom. The van der Waals surface area contributed by atoms with Gasteiger partial charge in [0.05, 0.1) is 17.3 Å². The molecule has 0 bridgehead atoms. The molecule has 2 aromatic carbocycles. The van der Waals surface area contributed by atoms with Crippen LogP contribution in [0.15, 0.2) is 85.2 Å². The number of aromatic carboxylic acids is 1. The summed E-state index contributed by atoms with van der Waals surface area (Å²) in [5.74, 6) is -1.20. The van der Waals surface area contributed by atoms with Crippen molar-refractivity contribution >= 4 is 40.6 Å². The molecule has 198 valence electrons. The zero-order valence-corrected chi connectivity index (χ0v) is 22.2. The molecular formula is C29H27N5O4S. The van der Waals surface area contributed by atoms with Crippen molar-refractivity contribution in [3.63, 3.8) is 0 Å². The van der Waals surface area contributed by atoms with Gasteiger partial charge in [-0.25, -0.2) is 4.79 Å². The van der Waals surface area contributed by atoms with E-state index in [0.717, 1.165) is 28.3 Å². The molecule has 0 unspecified atom stereocenters. The molecule has 2 aromatic heterocycles. The number of carboxylic acid groups (broad SMARTS) is 1. The summed E-state index contributed by atoms with van der Waals surface area (Å²) in [5.41, 5.74) is 5.24. The first-order valence-corrected chi connectivity index (χ1v) is 12.7. The SMILES string of the molecule is COCC(=O)Nc1ccc(N2C(=S)N[C@H](c3ccccn3)[C@H]2c2cccn2-c2ccc(C(=O)O)cc2)cc1C. The van der Waals surface area contributed by atoms with Crippen LogP contribution in [0.4, 0.5) is 11.4 Å². The Hall–Kier alpha value is -4.54. The highest BCUT2D eigenvalue weighted by Gasteiger charge is 2.42. The molecule has 0 radical (unpaired) electrons. The lowest BCUT2D eigenvalue weighted by Crippen LogP contribution is -2.30. The fourth-order valence-electron chi connectivity index (χ4n) is 4.82. The predicted octanol–water partition coefficient (Wildman–Crippen LogP) is 4.64. The largest absolute Gasteiger partial charge is 0.478 e. The third kappa shape index (κ3) is 5.25. The van der Waals surface area contributed by atoms with Gasteiger partial charge in [-0.15, -0.1) is 0 Å². The van der Waals surface area contributed by atoms with Crippen molar-refractivity contribution in [1.29, 1.82) is 0 Å². The Morgan fingerprint density at radius 3 is 2.51 bits per heavy atom. The lowest BCUT2D eigenvalue weighted by atomic mass is 10.00. The molecule has 1 saturated heterocycles. The Balaban J connectivity index is 1.58. The molecule has 4 aromatic rings. The summed E-state index contributed by atoms with van der Waals surface area (Å²) in [6.07, 6.45) is 3.70. The molecule has 0 aliphatic carbocycles. The average molecular weight is 542 g/mol. The number of thiocarbonyl (C=S) groups is 1. The minimum atomic E-state index is -0.974. The van der Waals surface area contributed by atoms with Crippen molar-refractivity contribution in [2.45, 2.75) is 19.0 Å². The number of amides is 1. The summed E-state index contributed by atoms with van der Waals surface area (Å²) in [7, 11) is 1.48. The van der Waals surface area contributed by atoms with Gasteiger partial charge < -0.3 is 29.9 Å². The third-order valence-corrected chi connectivity index (χ3v) is 6.93. The van der Waals surface area contributed by atoms with Gasteiger partial charge in [-0.3, -0.25) is 9.78 Å². The van der Waals surface area contributed by atoms with Crippen molar-refractivity contribution in [3.05, 3.63) is 108 Å². The number of carboxylic acids is 1. The van der Waals surface area contributed by atoms with E-state index in [-0.39, 0.29) is 30.2 Å². The van der Waals surface area contributed by atoms with E-state index in [4.69, 9.17) is 17.0 Å². The first kappa shape index (κ1) is 26.1. The molecule has 1 fully saturated rings. The van der Waals surface area contributed by atoms with E-state index >= 15 is 0 Å². The average Bonchev–Trinajstić information content (AvgIpc) is 3.55. The van der Waals surface area contributed by atoms with E-state index in [9.17, 15) is 14.7 Å². The Morgan fingerprint density at radius 1 is 1.08 bits per heavy atom. The second kappa shape index (κ2) is 11.1. The number of aryl methyl sites for hydroxylation is 1.